The van der Waals surface area contributed by atoms with Gasteiger partial charge in [-0.05, 0) is 24.3 Å². The van der Waals surface area contributed by atoms with Crippen molar-refractivity contribution in [2.45, 2.75) is 12.4 Å². The molecule has 1 nitrogen and oxygen atoms in total. The number of benzene rings is 2. The van der Waals surface area contributed by atoms with Crippen LogP contribution in [0.25, 0.3) is 21.8 Å². The van der Waals surface area contributed by atoms with Gasteiger partial charge >= 0.3 is 12.4 Å². The molecule has 0 aliphatic carbocycles. The highest BCUT2D eigenvalue weighted by Crippen LogP contribution is 2.36. The normalized spacial score (nSPS) is 12.4. The first kappa shape index (κ1) is 17.5. The fourth-order valence-corrected chi connectivity index (χ4v) is 3.05. The highest BCUT2D eigenvalue weighted by Gasteiger charge is 2.31. The molecule has 0 saturated carbocycles. The fourth-order valence-electron chi connectivity index (χ4n) is 2.22. The minimum atomic E-state index is -4.48. The van der Waals surface area contributed by atoms with E-state index in [1.807, 2.05) is 0 Å². The molecule has 130 valence electrons. The lowest BCUT2D eigenvalue weighted by Crippen LogP contribution is -2.04. The number of alkyl halides is 6. The zero-order chi connectivity index (χ0) is 18.2. The number of nitrogens with zero attached hydrogens (tertiary/aromatic N) is 1. The van der Waals surface area contributed by atoms with Crippen LogP contribution < -0.4 is 0 Å². The van der Waals surface area contributed by atoms with Gasteiger partial charge in [-0.25, -0.2) is 4.98 Å². The monoisotopic (exact) mass is 373 g/mol. The van der Waals surface area contributed by atoms with E-state index >= 15 is 0 Å². The van der Waals surface area contributed by atoms with E-state index in [4.69, 9.17) is 0 Å². The van der Waals surface area contributed by atoms with Crippen molar-refractivity contribution in [1.82, 2.24) is 4.98 Å². The second-order valence-corrected chi connectivity index (χ2v) is 6.05. The highest BCUT2D eigenvalue weighted by molar-refractivity contribution is 7.13. The standard InChI is InChI=1S/C17H9F6NS/c18-16(19,20)12-5-1-3-10(7-12)14-9-25-15(24-14)11-4-2-6-13(8-11)17(21,22)23/h1-9H. The molecule has 25 heavy (non-hydrogen) atoms. The summed E-state index contributed by atoms with van der Waals surface area (Å²) in [7, 11) is 0. The Labute approximate surface area is 142 Å². The number of aromatic nitrogens is 1. The zero-order valence-electron chi connectivity index (χ0n) is 12.3. The number of hydrogen-bond acceptors (Lipinski definition) is 2. The van der Waals surface area contributed by atoms with E-state index in [2.05, 4.69) is 4.98 Å². The smallest absolute Gasteiger partial charge is 0.236 e. The lowest BCUT2D eigenvalue weighted by Gasteiger charge is -2.08. The third-order valence-electron chi connectivity index (χ3n) is 3.43. The summed E-state index contributed by atoms with van der Waals surface area (Å²) < 4.78 is 76.7. The van der Waals surface area contributed by atoms with Gasteiger partial charge in [0.15, 0.2) is 0 Å². The molecule has 0 bridgehead atoms. The van der Waals surface area contributed by atoms with Crippen LogP contribution in [-0.2, 0) is 12.4 Å². The van der Waals surface area contributed by atoms with E-state index < -0.39 is 23.5 Å². The van der Waals surface area contributed by atoms with Crippen molar-refractivity contribution in [2.75, 3.05) is 0 Å². The molecule has 0 atom stereocenters. The van der Waals surface area contributed by atoms with Gasteiger partial charge in [-0.1, -0.05) is 24.3 Å². The van der Waals surface area contributed by atoms with E-state index in [1.165, 1.54) is 29.6 Å². The van der Waals surface area contributed by atoms with Crippen LogP contribution in [0.4, 0.5) is 26.3 Å². The Bertz CT molecular complexity index is 822. The van der Waals surface area contributed by atoms with Crippen LogP contribution in [0.3, 0.4) is 0 Å². The molecule has 0 aliphatic heterocycles. The molecule has 3 rings (SSSR count). The van der Waals surface area contributed by atoms with Crippen molar-refractivity contribution >= 4 is 11.3 Å². The number of hydrogen-bond donors (Lipinski definition) is 0. The Morgan fingerprint density at radius 2 is 1.24 bits per heavy atom. The maximum absolute atomic E-state index is 12.8. The van der Waals surface area contributed by atoms with Gasteiger partial charge in [-0.15, -0.1) is 11.3 Å². The molecule has 0 aliphatic rings. The van der Waals surface area contributed by atoms with Gasteiger partial charge in [0, 0.05) is 16.5 Å². The predicted molar refractivity (Wildman–Crippen MR) is 83.0 cm³/mol. The minimum Gasteiger partial charge on any atom is -0.236 e. The topological polar surface area (TPSA) is 12.9 Å². The lowest BCUT2D eigenvalue weighted by atomic mass is 10.1. The maximum Gasteiger partial charge on any atom is 0.416 e. The Balaban J connectivity index is 1.96. The highest BCUT2D eigenvalue weighted by atomic mass is 32.1. The average Bonchev–Trinajstić information content (AvgIpc) is 3.04. The predicted octanol–water partition coefficient (Wildman–Crippen LogP) is 6.51. The third kappa shape index (κ3) is 3.84. The largest absolute Gasteiger partial charge is 0.416 e. The van der Waals surface area contributed by atoms with Crippen LogP contribution in [0, 0.1) is 0 Å². The van der Waals surface area contributed by atoms with Crippen LogP contribution in [-0.4, -0.2) is 4.98 Å². The van der Waals surface area contributed by atoms with Gasteiger partial charge in [0.1, 0.15) is 5.01 Å². The Morgan fingerprint density at radius 3 is 1.80 bits per heavy atom. The van der Waals surface area contributed by atoms with Gasteiger partial charge in [0.25, 0.3) is 0 Å². The molecule has 1 heterocycles. The molecule has 0 radical (unpaired) electrons. The first-order valence-electron chi connectivity index (χ1n) is 6.95. The van der Waals surface area contributed by atoms with Crippen molar-refractivity contribution in [2.24, 2.45) is 0 Å². The summed E-state index contributed by atoms with van der Waals surface area (Å²) in [5.41, 5.74) is -0.815. The van der Waals surface area contributed by atoms with Crippen molar-refractivity contribution in [3.63, 3.8) is 0 Å². The summed E-state index contributed by atoms with van der Waals surface area (Å²) >= 11 is 1.07. The molecule has 2 aromatic carbocycles. The maximum atomic E-state index is 12.8. The Hall–Kier alpha value is -2.35. The van der Waals surface area contributed by atoms with E-state index in [-0.39, 0.29) is 16.8 Å². The van der Waals surface area contributed by atoms with Gasteiger partial charge in [-0.2, -0.15) is 26.3 Å². The first-order valence-corrected chi connectivity index (χ1v) is 7.83. The van der Waals surface area contributed by atoms with E-state index in [1.54, 1.807) is 0 Å². The van der Waals surface area contributed by atoms with Crippen LogP contribution in [0.5, 0.6) is 0 Å². The summed E-state index contributed by atoms with van der Waals surface area (Å²) in [6.45, 7) is 0. The quantitative estimate of drug-likeness (QED) is 0.466. The van der Waals surface area contributed by atoms with E-state index in [0.717, 1.165) is 35.6 Å². The van der Waals surface area contributed by atoms with E-state index in [9.17, 15) is 26.3 Å². The van der Waals surface area contributed by atoms with E-state index in [0.29, 0.717) is 5.01 Å². The second-order valence-electron chi connectivity index (χ2n) is 5.20. The van der Waals surface area contributed by atoms with Crippen molar-refractivity contribution in [3.8, 4) is 21.8 Å². The van der Waals surface area contributed by atoms with Crippen LogP contribution in [0.15, 0.2) is 53.9 Å². The molecule has 0 fully saturated rings. The molecule has 0 spiro atoms. The summed E-state index contributed by atoms with van der Waals surface area (Å²) in [5.74, 6) is 0. The summed E-state index contributed by atoms with van der Waals surface area (Å²) in [4.78, 5) is 4.18. The molecule has 0 amide bonds. The minimum absolute atomic E-state index is 0.254. The molecule has 1 aromatic heterocycles. The van der Waals surface area contributed by atoms with Crippen LogP contribution in [0.1, 0.15) is 11.1 Å². The summed E-state index contributed by atoms with van der Waals surface area (Å²) in [6, 6.07) is 9.31. The van der Waals surface area contributed by atoms with Crippen LogP contribution in [0.2, 0.25) is 0 Å². The molecule has 0 saturated heterocycles. The molecule has 3 aromatic rings. The summed E-state index contributed by atoms with van der Waals surface area (Å²) in [5, 5.41) is 1.82. The molecular weight excluding hydrogens is 364 g/mol. The Morgan fingerprint density at radius 1 is 0.720 bits per heavy atom. The third-order valence-corrected chi connectivity index (χ3v) is 4.32. The van der Waals surface area contributed by atoms with Gasteiger partial charge in [0.05, 0.1) is 16.8 Å². The number of halogens is 6. The lowest BCUT2D eigenvalue weighted by molar-refractivity contribution is -0.138. The van der Waals surface area contributed by atoms with Gasteiger partial charge in [0.2, 0.25) is 0 Å². The van der Waals surface area contributed by atoms with Crippen molar-refractivity contribution in [1.29, 1.82) is 0 Å². The van der Waals surface area contributed by atoms with Crippen molar-refractivity contribution in [3.05, 3.63) is 65.0 Å². The molecule has 0 N–H and O–H groups in total. The average molecular weight is 373 g/mol. The van der Waals surface area contributed by atoms with Crippen LogP contribution >= 0.6 is 11.3 Å². The Kier molecular flexibility index (Phi) is 4.32. The summed E-state index contributed by atoms with van der Waals surface area (Å²) in [6.07, 6.45) is -8.95. The van der Waals surface area contributed by atoms with Gasteiger partial charge < -0.3 is 0 Å². The molecular formula is C17H9F6NS. The number of thiazole rings is 1. The first-order chi connectivity index (χ1) is 11.6. The number of rotatable bonds is 2. The second kappa shape index (κ2) is 6.18. The zero-order valence-corrected chi connectivity index (χ0v) is 13.1. The van der Waals surface area contributed by atoms with Crippen molar-refractivity contribution < 1.29 is 26.3 Å². The van der Waals surface area contributed by atoms with Gasteiger partial charge in [-0.3, -0.25) is 0 Å². The fraction of sp³-hybridized carbons (Fsp3) is 0.118. The molecule has 8 heteroatoms. The molecule has 0 unspecified atom stereocenters. The SMILES string of the molecule is FC(F)(F)c1cccc(-c2csc(-c3cccc(C(F)(F)F)c3)n2)c1.